The minimum Gasteiger partial charge on any atom is -0.394 e. The van der Waals surface area contributed by atoms with Crippen LogP contribution in [0.1, 0.15) is 24.8 Å². The van der Waals surface area contributed by atoms with Gasteiger partial charge < -0.3 is 35.6 Å². The molecule has 198 valence electrons. The Balaban J connectivity index is 1.66. The van der Waals surface area contributed by atoms with Crippen molar-refractivity contribution in [3.8, 4) is 0 Å². The minimum atomic E-state index is -2.05. The highest BCUT2D eigenvalue weighted by atomic mass is 35.5. The van der Waals surface area contributed by atoms with Gasteiger partial charge in [0.05, 0.1) is 6.61 Å². The molecule has 12 heteroatoms. The molecule has 1 aromatic carbocycles. The predicted octanol–water partition coefficient (Wildman–Crippen LogP) is 0.693. The summed E-state index contributed by atoms with van der Waals surface area (Å²) in [5, 5.41) is 33.4. The van der Waals surface area contributed by atoms with Crippen LogP contribution in [-0.4, -0.2) is 95.8 Å². The normalized spacial score (nSPS) is 24.1. The molecule has 5 atom stereocenters. The van der Waals surface area contributed by atoms with Gasteiger partial charge in [-0.15, -0.1) is 23.2 Å². The highest BCUT2D eigenvalue weighted by Gasteiger charge is 2.45. The number of amides is 2. The summed E-state index contributed by atoms with van der Waals surface area (Å²) >= 11 is 11.7. The van der Waals surface area contributed by atoms with Crippen LogP contribution in [0.25, 0.3) is 0 Å². The zero-order valence-electron chi connectivity index (χ0n) is 19.4. The highest BCUT2D eigenvalue weighted by Crippen LogP contribution is 2.22. The monoisotopic (exact) mass is 537 g/mol. The van der Waals surface area contributed by atoms with Gasteiger partial charge in [-0.2, -0.15) is 0 Å². The molecule has 2 amide bonds. The fraction of sp³-hybridized carbons (Fsp3) is 0.652. The molecule has 1 aliphatic rings. The van der Waals surface area contributed by atoms with Crippen LogP contribution >= 0.6 is 23.2 Å². The molecule has 1 aromatic rings. The number of carbonyl (C=O) groups is 2. The molecule has 0 bridgehead atoms. The van der Waals surface area contributed by atoms with E-state index in [-0.39, 0.29) is 25.3 Å². The number of aliphatic hydroxyl groups is 3. The van der Waals surface area contributed by atoms with Gasteiger partial charge in [-0.05, 0) is 30.5 Å². The number of alkyl halides is 3. The second-order valence-electron chi connectivity index (χ2n) is 8.26. The van der Waals surface area contributed by atoms with Gasteiger partial charge in [0, 0.05) is 49.9 Å². The summed E-state index contributed by atoms with van der Waals surface area (Å²) in [5.41, 5.74) is 2.14. The maximum absolute atomic E-state index is 14.1. The van der Waals surface area contributed by atoms with Crippen LogP contribution in [0.2, 0.25) is 0 Å². The van der Waals surface area contributed by atoms with Crippen molar-refractivity contribution in [2.45, 2.75) is 56.4 Å². The molecule has 0 aromatic heterocycles. The van der Waals surface area contributed by atoms with Gasteiger partial charge in [-0.3, -0.25) is 9.59 Å². The molecule has 5 N–H and O–H groups in total. The maximum Gasteiger partial charge on any atom is 0.223 e. The van der Waals surface area contributed by atoms with Gasteiger partial charge in [0.2, 0.25) is 11.8 Å². The molecule has 35 heavy (non-hydrogen) atoms. The van der Waals surface area contributed by atoms with Crippen LogP contribution in [-0.2, 0) is 20.7 Å². The number of ether oxygens (including phenoxy) is 1. The number of aliphatic hydroxyl groups excluding tert-OH is 3. The number of rotatable bonds is 14. The van der Waals surface area contributed by atoms with Gasteiger partial charge >= 0.3 is 0 Å². The lowest BCUT2D eigenvalue weighted by Crippen LogP contribution is -2.61. The summed E-state index contributed by atoms with van der Waals surface area (Å²) in [6, 6.07) is 8.03. The fourth-order valence-electron chi connectivity index (χ4n) is 3.73. The van der Waals surface area contributed by atoms with Crippen LogP contribution in [0.15, 0.2) is 24.3 Å². The standard InChI is InChI=1S/C23H34Cl2FN3O6/c24-9-12-29(13-10-25)16-6-4-15(5-7-16)2-1-3-18(31)27-11-8-19(32)28-23-20(26)22(34)21(33)17(14-30)35-23/h4-7,17,20-23,30,33-34H,1-3,8-14H2,(H,27,31)(H,28,32)/t17-,20-,21-,22-,23-/m1/s1. The number of hydrogen-bond acceptors (Lipinski definition) is 7. The van der Waals surface area contributed by atoms with Crippen LogP contribution < -0.4 is 15.5 Å². The molecule has 0 saturated carbocycles. The molecule has 1 saturated heterocycles. The Morgan fingerprint density at radius 2 is 1.69 bits per heavy atom. The third-order valence-electron chi connectivity index (χ3n) is 5.70. The van der Waals surface area contributed by atoms with Gasteiger partial charge in [0.15, 0.2) is 12.4 Å². The molecule has 9 nitrogen and oxygen atoms in total. The van der Waals surface area contributed by atoms with E-state index in [9.17, 15) is 24.2 Å². The number of halogens is 3. The lowest BCUT2D eigenvalue weighted by Gasteiger charge is -2.38. The summed E-state index contributed by atoms with van der Waals surface area (Å²) < 4.78 is 19.2. The van der Waals surface area contributed by atoms with E-state index in [4.69, 9.17) is 33.0 Å². The van der Waals surface area contributed by atoms with E-state index in [0.29, 0.717) is 31.3 Å². The Labute approximate surface area is 214 Å². The van der Waals surface area contributed by atoms with Crippen LogP contribution in [0, 0.1) is 0 Å². The first kappa shape index (κ1) is 29.5. The summed E-state index contributed by atoms with van der Waals surface area (Å²) in [5.74, 6) is 0.214. The second kappa shape index (κ2) is 15.4. The number of nitrogens with zero attached hydrogens (tertiary/aromatic N) is 1. The lowest BCUT2D eigenvalue weighted by atomic mass is 9.99. The topological polar surface area (TPSA) is 131 Å². The van der Waals surface area contributed by atoms with E-state index in [1.54, 1.807) is 0 Å². The molecule has 2 rings (SSSR count). The fourth-order valence-corrected chi connectivity index (χ4v) is 4.14. The highest BCUT2D eigenvalue weighted by molar-refractivity contribution is 6.18. The first-order valence-electron chi connectivity index (χ1n) is 11.6. The SMILES string of the molecule is O=C(CCCc1ccc(N(CCCl)CCCl)cc1)NCCC(=O)N[C@@H]1O[C@H](CO)[C@@H](O)[C@H](O)[C@H]1F. The average Bonchev–Trinajstić information content (AvgIpc) is 2.84. The van der Waals surface area contributed by atoms with Gasteiger partial charge in [-0.1, -0.05) is 12.1 Å². The van der Waals surface area contributed by atoms with E-state index in [1.165, 1.54) is 0 Å². The quantitative estimate of drug-likeness (QED) is 0.220. The number of hydrogen-bond donors (Lipinski definition) is 5. The summed E-state index contributed by atoms with van der Waals surface area (Å²) in [4.78, 5) is 26.2. The van der Waals surface area contributed by atoms with Crippen molar-refractivity contribution in [3.63, 3.8) is 0 Å². The number of anilines is 1. The Hall–Kier alpha value is -1.69. The maximum atomic E-state index is 14.1. The van der Waals surface area contributed by atoms with Crippen molar-refractivity contribution in [2.24, 2.45) is 0 Å². The van der Waals surface area contributed by atoms with Crippen molar-refractivity contribution < 1.29 is 34.0 Å². The molecule has 1 aliphatic heterocycles. The van der Waals surface area contributed by atoms with Crippen LogP contribution in [0.3, 0.4) is 0 Å². The largest absolute Gasteiger partial charge is 0.394 e. The number of nitrogens with one attached hydrogen (secondary N) is 2. The van der Waals surface area contributed by atoms with E-state index >= 15 is 0 Å². The molecule has 0 spiro atoms. The molecule has 0 unspecified atom stereocenters. The predicted molar refractivity (Wildman–Crippen MR) is 131 cm³/mol. The molecule has 1 heterocycles. The Morgan fingerprint density at radius 1 is 1.03 bits per heavy atom. The first-order valence-corrected chi connectivity index (χ1v) is 12.7. The summed E-state index contributed by atoms with van der Waals surface area (Å²) in [7, 11) is 0. The van der Waals surface area contributed by atoms with Crippen molar-refractivity contribution >= 4 is 40.7 Å². The summed E-state index contributed by atoms with van der Waals surface area (Å²) in [6.07, 6.45) is -6.64. The number of carbonyl (C=O) groups excluding carboxylic acids is 2. The zero-order chi connectivity index (χ0) is 25.8. The smallest absolute Gasteiger partial charge is 0.223 e. The van der Waals surface area contributed by atoms with Crippen molar-refractivity contribution in [3.05, 3.63) is 29.8 Å². The van der Waals surface area contributed by atoms with E-state index in [2.05, 4.69) is 15.5 Å². The van der Waals surface area contributed by atoms with E-state index in [1.807, 2.05) is 24.3 Å². The van der Waals surface area contributed by atoms with Gasteiger partial charge in [0.1, 0.15) is 18.3 Å². The summed E-state index contributed by atoms with van der Waals surface area (Å²) in [6.45, 7) is 0.830. The van der Waals surface area contributed by atoms with Crippen LogP contribution in [0.5, 0.6) is 0 Å². The number of benzene rings is 1. The Bertz CT molecular complexity index is 783. The van der Waals surface area contributed by atoms with Crippen molar-refractivity contribution in [1.82, 2.24) is 10.6 Å². The zero-order valence-corrected chi connectivity index (χ0v) is 20.9. The van der Waals surface area contributed by atoms with Gasteiger partial charge in [-0.25, -0.2) is 4.39 Å². The Morgan fingerprint density at radius 3 is 2.29 bits per heavy atom. The molecule has 1 fully saturated rings. The van der Waals surface area contributed by atoms with E-state index < -0.39 is 43.2 Å². The first-order chi connectivity index (χ1) is 16.8. The lowest BCUT2D eigenvalue weighted by molar-refractivity contribution is -0.219. The average molecular weight is 538 g/mol. The van der Waals surface area contributed by atoms with Crippen molar-refractivity contribution in [1.29, 1.82) is 0 Å². The molecule has 0 radical (unpaired) electrons. The Kier molecular flexibility index (Phi) is 13.0. The molecular weight excluding hydrogens is 504 g/mol. The molecule has 0 aliphatic carbocycles. The number of aryl methyl sites for hydroxylation is 1. The van der Waals surface area contributed by atoms with E-state index in [0.717, 1.165) is 17.7 Å². The molecular formula is C23H34Cl2FN3O6. The third-order valence-corrected chi connectivity index (χ3v) is 6.04. The second-order valence-corrected chi connectivity index (χ2v) is 9.01. The van der Waals surface area contributed by atoms with Crippen LogP contribution in [0.4, 0.5) is 10.1 Å². The minimum absolute atomic E-state index is 0.0502. The van der Waals surface area contributed by atoms with Crippen molar-refractivity contribution in [2.75, 3.05) is 42.9 Å². The van der Waals surface area contributed by atoms with Gasteiger partial charge in [0.25, 0.3) is 0 Å². The third kappa shape index (κ3) is 9.36.